The Balaban J connectivity index is 3.95. The predicted octanol–water partition coefficient (Wildman–Crippen LogP) is 0.429. The Morgan fingerprint density at radius 1 is 1.43 bits per heavy atom. The van der Waals surface area contributed by atoms with Crippen molar-refractivity contribution in [2.75, 3.05) is 0 Å². The van der Waals surface area contributed by atoms with Crippen LogP contribution in [-0.2, 0) is 4.74 Å². The molecule has 0 rings (SSSR count). The SMILES string of the molecule is [CH2-][NH+]C(C)[C@H](C)NC(=O)OC(C)(C)C. The van der Waals surface area contributed by atoms with Crippen LogP contribution in [0.5, 0.6) is 0 Å². The van der Waals surface area contributed by atoms with Crippen LogP contribution in [0.2, 0.25) is 0 Å². The maximum absolute atomic E-state index is 11.3. The molecule has 1 amide bonds. The van der Waals surface area contributed by atoms with Crippen molar-refractivity contribution in [3.8, 4) is 0 Å². The lowest BCUT2D eigenvalue weighted by Gasteiger charge is -2.23. The second kappa shape index (κ2) is 5.20. The fourth-order valence-electron chi connectivity index (χ4n) is 0.795. The van der Waals surface area contributed by atoms with E-state index in [0.29, 0.717) is 0 Å². The Kier molecular flexibility index (Phi) is 4.91. The highest BCUT2D eigenvalue weighted by Crippen LogP contribution is 2.06. The molecule has 2 N–H and O–H groups in total. The molecule has 4 heteroatoms. The van der Waals surface area contributed by atoms with Crippen LogP contribution in [-0.4, -0.2) is 23.8 Å². The molecule has 0 bridgehead atoms. The van der Waals surface area contributed by atoms with Gasteiger partial charge in [0.15, 0.2) is 0 Å². The molecule has 0 fully saturated rings. The van der Waals surface area contributed by atoms with Gasteiger partial charge in [0.2, 0.25) is 0 Å². The summed E-state index contributed by atoms with van der Waals surface area (Å²) in [6.45, 7) is 9.34. The van der Waals surface area contributed by atoms with Crippen LogP contribution >= 0.6 is 0 Å². The Hall–Kier alpha value is -0.770. The summed E-state index contributed by atoms with van der Waals surface area (Å²) in [5, 5.41) is 5.54. The van der Waals surface area contributed by atoms with Crippen LogP contribution in [0.3, 0.4) is 0 Å². The molecular weight excluding hydrogens is 180 g/mol. The number of ether oxygens (including phenoxy) is 1. The summed E-state index contributed by atoms with van der Waals surface area (Å²) in [5.74, 6) is 0. The first-order valence-electron chi connectivity index (χ1n) is 4.78. The molecule has 4 nitrogen and oxygen atoms in total. The third-order valence-electron chi connectivity index (χ3n) is 1.82. The second-order valence-corrected chi connectivity index (χ2v) is 4.43. The zero-order chi connectivity index (χ0) is 11.4. The lowest BCUT2D eigenvalue weighted by atomic mass is 10.2. The van der Waals surface area contributed by atoms with Gasteiger partial charge in [0, 0.05) is 0 Å². The largest absolute Gasteiger partial charge is 0.444 e. The van der Waals surface area contributed by atoms with Gasteiger partial charge in [-0.3, -0.25) is 0 Å². The molecule has 14 heavy (non-hydrogen) atoms. The standard InChI is InChI=1S/C10H21N2O2/c1-7(11-6)8(2)12-9(13)14-10(3,4)5/h7-8,11H,6H2,1-5H3,(H,12,13)/t7?,8-/m0/s1. The average molecular weight is 201 g/mol. The summed E-state index contributed by atoms with van der Waals surface area (Å²) < 4.78 is 5.10. The molecule has 0 aromatic carbocycles. The molecule has 2 atom stereocenters. The highest BCUT2D eigenvalue weighted by atomic mass is 16.6. The lowest BCUT2D eigenvalue weighted by molar-refractivity contribution is -0.632. The normalized spacial score (nSPS) is 15.9. The summed E-state index contributed by atoms with van der Waals surface area (Å²) >= 11 is 0. The maximum atomic E-state index is 11.3. The molecule has 0 saturated carbocycles. The van der Waals surface area contributed by atoms with Crippen molar-refractivity contribution < 1.29 is 14.8 Å². The first kappa shape index (κ1) is 13.2. The van der Waals surface area contributed by atoms with E-state index in [1.807, 2.05) is 34.6 Å². The monoisotopic (exact) mass is 201 g/mol. The lowest BCUT2D eigenvalue weighted by Crippen LogP contribution is -2.86. The van der Waals surface area contributed by atoms with E-state index in [0.717, 1.165) is 0 Å². The van der Waals surface area contributed by atoms with Crippen LogP contribution in [0.1, 0.15) is 34.6 Å². The number of hydrogen-bond donors (Lipinski definition) is 2. The molecule has 0 aromatic rings. The Bertz CT molecular complexity index is 187. The van der Waals surface area contributed by atoms with Gasteiger partial charge < -0.3 is 15.4 Å². The molecule has 0 spiro atoms. The summed E-state index contributed by atoms with van der Waals surface area (Å²) in [6, 6.07) is 0.102. The fraction of sp³-hybridized carbons (Fsp3) is 0.800. The highest BCUT2D eigenvalue weighted by molar-refractivity contribution is 5.68. The van der Waals surface area contributed by atoms with E-state index < -0.39 is 11.7 Å². The average Bonchev–Trinajstić information content (AvgIpc) is 1.99. The zero-order valence-corrected chi connectivity index (χ0v) is 9.68. The zero-order valence-electron chi connectivity index (χ0n) is 9.68. The highest BCUT2D eigenvalue weighted by Gasteiger charge is 2.20. The first-order chi connectivity index (χ1) is 6.26. The van der Waals surface area contributed by atoms with E-state index in [4.69, 9.17) is 4.74 Å². The van der Waals surface area contributed by atoms with Crippen molar-refractivity contribution in [2.24, 2.45) is 0 Å². The number of carbonyl (C=O) groups is 1. The van der Waals surface area contributed by atoms with Gasteiger partial charge in [0.25, 0.3) is 0 Å². The summed E-state index contributed by atoms with van der Waals surface area (Å²) in [5.41, 5.74) is -0.453. The van der Waals surface area contributed by atoms with Crippen molar-refractivity contribution in [3.05, 3.63) is 7.05 Å². The predicted molar refractivity (Wildman–Crippen MR) is 54.6 cm³/mol. The molecule has 0 saturated heterocycles. The third kappa shape index (κ3) is 5.80. The summed E-state index contributed by atoms with van der Waals surface area (Å²) in [6.07, 6.45) is -0.396. The number of nitrogens with one attached hydrogen (secondary N) is 2. The second-order valence-electron chi connectivity index (χ2n) is 4.43. The molecule has 0 aliphatic carbocycles. The molecule has 83 valence electrons. The molecule has 0 aliphatic heterocycles. The van der Waals surface area contributed by atoms with Gasteiger partial charge in [-0.1, -0.05) is 0 Å². The van der Waals surface area contributed by atoms with Crippen molar-refractivity contribution in [1.82, 2.24) is 5.32 Å². The van der Waals surface area contributed by atoms with Gasteiger partial charge >= 0.3 is 6.09 Å². The van der Waals surface area contributed by atoms with Gasteiger partial charge in [-0.2, -0.15) is 0 Å². The molecule has 1 radical (unpaired) electrons. The van der Waals surface area contributed by atoms with E-state index in [1.54, 1.807) is 0 Å². The van der Waals surface area contributed by atoms with Gasteiger partial charge in [-0.25, -0.2) is 4.79 Å². The molecule has 0 heterocycles. The van der Waals surface area contributed by atoms with Crippen LogP contribution < -0.4 is 10.6 Å². The van der Waals surface area contributed by atoms with Crippen molar-refractivity contribution in [2.45, 2.75) is 52.3 Å². The molecule has 1 unspecified atom stereocenters. The minimum atomic E-state index is -0.453. The van der Waals surface area contributed by atoms with Crippen LogP contribution in [0, 0.1) is 7.05 Å². The number of alkyl carbamates (subject to hydrolysis) is 1. The minimum Gasteiger partial charge on any atom is -0.444 e. The van der Waals surface area contributed by atoms with Crippen LogP contribution in [0.4, 0.5) is 4.79 Å². The number of rotatable bonds is 3. The van der Waals surface area contributed by atoms with Gasteiger partial charge in [0.1, 0.15) is 11.6 Å². The Morgan fingerprint density at radius 3 is 2.29 bits per heavy atom. The quantitative estimate of drug-likeness (QED) is 0.651. The van der Waals surface area contributed by atoms with Gasteiger partial charge in [-0.05, 0) is 34.6 Å². The van der Waals surface area contributed by atoms with Crippen molar-refractivity contribution >= 4 is 6.09 Å². The third-order valence-corrected chi connectivity index (χ3v) is 1.82. The summed E-state index contributed by atoms with van der Waals surface area (Å²) in [4.78, 5) is 11.3. The topological polar surface area (TPSA) is 53.9 Å². The summed E-state index contributed by atoms with van der Waals surface area (Å²) in [7, 11) is 3.55. The fourth-order valence-corrected chi connectivity index (χ4v) is 0.795. The van der Waals surface area contributed by atoms with E-state index >= 15 is 0 Å². The molecule has 0 aromatic heterocycles. The molecular formula is C10H21N2O2. The van der Waals surface area contributed by atoms with E-state index in [-0.39, 0.29) is 12.1 Å². The van der Waals surface area contributed by atoms with Gasteiger partial charge in [-0.15, -0.1) is 7.05 Å². The first-order valence-corrected chi connectivity index (χ1v) is 4.78. The Labute approximate surface area is 86.4 Å². The smallest absolute Gasteiger partial charge is 0.408 e. The number of hydrogen-bond acceptors (Lipinski definition) is 3. The number of amides is 1. The van der Waals surface area contributed by atoms with E-state index in [9.17, 15) is 4.79 Å². The van der Waals surface area contributed by atoms with E-state index in [2.05, 4.69) is 17.7 Å². The van der Waals surface area contributed by atoms with Gasteiger partial charge in [0.05, 0.1) is 6.04 Å². The Morgan fingerprint density at radius 2 is 1.93 bits per heavy atom. The van der Waals surface area contributed by atoms with E-state index in [1.165, 1.54) is 0 Å². The maximum Gasteiger partial charge on any atom is 0.408 e. The van der Waals surface area contributed by atoms with Crippen molar-refractivity contribution in [1.29, 1.82) is 0 Å². The number of carbonyl (C=O) groups excluding carboxylic acids is 1. The van der Waals surface area contributed by atoms with Crippen LogP contribution in [0.25, 0.3) is 0 Å². The van der Waals surface area contributed by atoms with Crippen LogP contribution in [0.15, 0.2) is 0 Å². The molecule has 0 aliphatic rings. The van der Waals surface area contributed by atoms with Crippen molar-refractivity contribution in [3.63, 3.8) is 0 Å². The minimum absolute atomic E-state index is 0.0117.